The second kappa shape index (κ2) is 11.5. The molecule has 0 spiro atoms. The van der Waals surface area contributed by atoms with E-state index in [1.165, 1.54) is 15.0 Å². The molecular formula is C25H38N6O3. The van der Waals surface area contributed by atoms with Crippen LogP contribution in [0.3, 0.4) is 0 Å². The number of nitrogens with zero attached hydrogens (tertiary/aromatic N) is 4. The Morgan fingerprint density at radius 3 is 2.21 bits per heavy atom. The average Bonchev–Trinajstić information content (AvgIpc) is 2.77. The highest BCUT2D eigenvalue weighted by atomic mass is 16.2. The van der Waals surface area contributed by atoms with Crippen LogP contribution in [0.2, 0.25) is 0 Å². The summed E-state index contributed by atoms with van der Waals surface area (Å²) in [5, 5.41) is 0. The Kier molecular flexibility index (Phi) is 8.68. The van der Waals surface area contributed by atoms with E-state index in [0.717, 1.165) is 32.7 Å². The number of H-pyrrole nitrogens is 1. The number of aromatic amines is 1. The lowest BCUT2D eigenvalue weighted by molar-refractivity contribution is -0.120. The first-order chi connectivity index (χ1) is 16.2. The van der Waals surface area contributed by atoms with Crippen LogP contribution < -0.4 is 21.9 Å². The Morgan fingerprint density at radius 1 is 1.00 bits per heavy atom. The van der Waals surface area contributed by atoms with Gasteiger partial charge in [0.1, 0.15) is 5.82 Å². The van der Waals surface area contributed by atoms with Gasteiger partial charge in [0.2, 0.25) is 5.91 Å². The maximum absolute atomic E-state index is 13.4. The number of carbonyl (C=O) groups excluding carboxylic acids is 1. The molecule has 0 aliphatic carbocycles. The first-order valence-corrected chi connectivity index (χ1v) is 12.1. The molecule has 9 nitrogen and oxygen atoms in total. The van der Waals surface area contributed by atoms with E-state index < -0.39 is 11.2 Å². The maximum Gasteiger partial charge on any atom is 0.330 e. The molecule has 34 heavy (non-hydrogen) atoms. The number of nitrogen functional groups attached to an aromatic ring is 1. The van der Waals surface area contributed by atoms with E-state index >= 15 is 0 Å². The van der Waals surface area contributed by atoms with Gasteiger partial charge in [0, 0.05) is 45.8 Å². The Bertz CT molecular complexity index is 1070. The van der Waals surface area contributed by atoms with Gasteiger partial charge in [0.25, 0.3) is 5.56 Å². The topological polar surface area (TPSA) is 108 Å². The minimum atomic E-state index is -0.621. The highest BCUT2D eigenvalue weighted by Crippen LogP contribution is 2.20. The van der Waals surface area contributed by atoms with Gasteiger partial charge in [0.05, 0.1) is 6.54 Å². The zero-order valence-electron chi connectivity index (χ0n) is 20.8. The average molecular weight is 471 g/mol. The summed E-state index contributed by atoms with van der Waals surface area (Å²) in [4.78, 5) is 46.9. The first-order valence-electron chi connectivity index (χ1n) is 12.1. The number of carbonyl (C=O) groups is 1. The van der Waals surface area contributed by atoms with Gasteiger partial charge in [-0.3, -0.25) is 28.9 Å². The van der Waals surface area contributed by atoms with Gasteiger partial charge in [-0.15, -0.1) is 0 Å². The fraction of sp³-hybridized carbons (Fsp3) is 0.560. The quantitative estimate of drug-likeness (QED) is 0.576. The first kappa shape index (κ1) is 25.7. The summed E-state index contributed by atoms with van der Waals surface area (Å²) >= 11 is 0. The molecule has 9 heteroatoms. The van der Waals surface area contributed by atoms with Crippen molar-refractivity contribution in [3.63, 3.8) is 0 Å². The minimum absolute atomic E-state index is 0.0455. The molecule has 2 aromatic rings. The number of amides is 1. The van der Waals surface area contributed by atoms with Gasteiger partial charge < -0.3 is 10.6 Å². The normalized spacial score (nSPS) is 15.2. The van der Waals surface area contributed by atoms with Crippen molar-refractivity contribution in [3.8, 4) is 0 Å². The van der Waals surface area contributed by atoms with Crippen LogP contribution >= 0.6 is 0 Å². The summed E-state index contributed by atoms with van der Waals surface area (Å²) in [6.45, 7) is 13.0. The number of benzene rings is 1. The molecule has 1 aliphatic rings. The van der Waals surface area contributed by atoms with Crippen LogP contribution in [-0.4, -0.2) is 64.5 Å². The summed E-state index contributed by atoms with van der Waals surface area (Å²) in [6, 6.07) is 10.4. The van der Waals surface area contributed by atoms with E-state index in [2.05, 4.69) is 26.9 Å². The molecule has 1 aromatic heterocycles. The predicted molar refractivity (Wildman–Crippen MR) is 136 cm³/mol. The van der Waals surface area contributed by atoms with Crippen LogP contribution in [0.5, 0.6) is 0 Å². The smallest absolute Gasteiger partial charge is 0.330 e. The lowest BCUT2D eigenvalue weighted by Crippen LogP contribution is -2.51. The molecule has 186 valence electrons. The largest absolute Gasteiger partial charge is 0.383 e. The standard InChI is InChI=1S/C25H38N6O3/c1-18(2)14-30(22-23(26)31(15-19(3)4)25(34)27-24(22)33)21(32)17-29-12-10-28(11-13-29)16-20-8-6-5-7-9-20/h5-9,18-19H,10-17,26H2,1-4H3,(H,27,33,34). The highest BCUT2D eigenvalue weighted by Gasteiger charge is 2.27. The van der Waals surface area contributed by atoms with Crippen LogP contribution in [0.15, 0.2) is 39.9 Å². The minimum Gasteiger partial charge on any atom is -0.383 e. The van der Waals surface area contributed by atoms with Crippen molar-refractivity contribution in [3.05, 3.63) is 56.7 Å². The van der Waals surface area contributed by atoms with Gasteiger partial charge in [-0.2, -0.15) is 0 Å². The Labute approximate surface area is 201 Å². The summed E-state index contributed by atoms with van der Waals surface area (Å²) in [5.74, 6) is 0.136. The Balaban J connectivity index is 1.73. The third-order valence-electron chi connectivity index (χ3n) is 5.95. The summed E-state index contributed by atoms with van der Waals surface area (Å²) < 4.78 is 1.35. The Morgan fingerprint density at radius 2 is 1.62 bits per heavy atom. The predicted octanol–water partition coefficient (Wildman–Crippen LogP) is 1.58. The Hall–Kier alpha value is -2.91. The number of hydrogen-bond acceptors (Lipinski definition) is 6. The number of hydrogen-bond donors (Lipinski definition) is 2. The van der Waals surface area contributed by atoms with Crippen LogP contribution in [0, 0.1) is 11.8 Å². The zero-order valence-corrected chi connectivity index (χ0v) is 20.8. The van der Waals surface area contributed by atoms with Gasteiger partial charge in [-0.1, -0.05) is 58.0 Å². The summed E-state index contributed by atoms with van der Waals surface area (Å²) in [5.41, 5.74) is 6.48. The zero-order chi connectivity index (χ0) is 24.8. The van der Waals surface area contributed by atoms with Crippen LogP contribution in [-0.2, 0) is 17.9 Å². The van der Waals surface area contributed by atoms with Crippen LogP contribution in [0.25, 0.3) is 0 Å². The number of nitrogens with two attached hydrogens (primary N) is 1. The van der Waals surface area contributed by atoms with Crippen molar-refractivity contribution in [1.82, 2.24) is 19.4 Å². The maximum atomic E-state index is 13.4. The van der Waals surface area contributed by atoms with Crippen LogP contribution in [0.4, 0.5) is 11.5 Å². The van der Waals surface area contributed by atoms with Crippen molar-refractivity contribution >= 4 is 17.4 Å². The van der Waals surface area contributed by atoms with E-state index in [0.29, 0.717) is 13.1 Å². The van der Waals surface area contributed by atoms with Gasteiger partial charge in [-0.05, 0) is 17.4 Å². The molecule has 3 rings (SSSR count). The molecule has 1 aromatic carbocycles. The van der Waals surface area contributed by atoms with Crippen molar-refractivity contribution < 1.29 is 4.79 Å². The third kappa shape index (κ3) is 6.57. The molecule has 2 heterocycles. The number of piperazine rings is 1. The lowest BCUT2D eigenvalue weighted by atomic mass is 10.1. The van der Waals surface area contributed by atoms with Gasteiger partial charge >= 0.3 is 5.69 Å². The molecule has 1 aliphatic heterocycles. The SMILES string of the molecule is CC(C)CN(C(=O)CN1CCN(Cc2ccccc2)CC1)c1c(N)n(CC(C)C)c(=O)[nH]c1=O. The number of nitrogens with one attached hydrogen (secondary N) is 1. The molecule has 0 atom stereocenters. The molecule has 3 N–H and O–H groups in total. The van der Waals surface area contributed by atoms with Crippen molar-refractivity contribution in [2.45, 2.75) is 40.8 Å². The third-order valence-corrected chi connectivity index (χ3v) is 5.95. The monoisotopic (exact) mass is 470 g/mol. The van der Waals surface area contributed by atoms with Crippen molar-refractivity contribution in [2.75, 3.05) is 49.9 Å². The van der Waals surface area contributed by atoms with Gasteiger partial charge in [-0.25, -0.2) is 4.79 Å². The van der Waals surface area contributed by atoms with E-state index in [1.807, 2.05) is 45.9 Å². The number of aromatic nitrogens is 2. The summed E-state index contributed by atoms with van der Waals surface area (Å²) in [7, 11) is 0. The van der Waals surface area contributed by atoms with Crippen molar-refractivity contribution in [2.24, 2.45) is 11.8 Å². The van der Waals surface area contributed by atoms with Crippen molar-refractivity contribution in [1.29, 1.82) is 0 Å². The molecule has 1 saturated heterocycles. The van der Waals surface area contributed by atoms with E-state index in [-0.39, 0.29) is 35.8 Å². The van der Waals surface area contributed by atoms with Crippen LogP contribution in [0.1, 0.15) is 33.3 Å². The molecular weight excluding hydrogens is 432 g/mol. The molecule has 0 bridgehead atoms. The molecule has 1 fully saturated rings. The molecule has 0 radical (unpaired) electrons. The second-order valence-corrected chi connectivity index (χ2v) is 9.93. The fourth-order valence-electron chi connectivity index (χ4n) is 4.29. The fourth-order valence-corrected chi connectivity index (χ4v) is 4.29. The second-order valence-electron chi connectivity index (χ2n) is 9.93. The van der Waals surface area contributed by atoms with E-state index in [9.17, 15) is 14.4 Å². The number of anilines is 2. The van der Waals surface area contributed by atoms with E-state index in [1.54, 1.807) is 0 Å². The lowest BCUT2D eigenvalue weighted by Gasteiger charge is -2.35. The summed E-state index contributed by atoms with van der Waals surface area (Å²) in [6.07, 6.45) is 0. The molecule has 1 amide bonds. The van der Waals surface area contributed by atoms with E-state index in [4.69, 9.17) is 5.73 Å². The van der Waals surface area contributed by atoms with Gasteiger partial charge in [0.15, 0.2) is 5.69 Å². The molecule has 0 saturated carbocycles. The highest BCUT2D eigenvalue weighted by molar-refractivity contribution is 5.96. The molecule has 0 unspecified atom stereocenters. The number of rotatable bonds is 9.